The van der Waals surface area contributed by atoms with E-state index in [0.29, 0.717) is 6.42 Å². The number of hydrogen-bond donors (Lipinski definition) is 1. The van der Waals surface area contributed by atoms with Crippen molar-refractivity contribution >= 4 is 39.1 Å². The molecule has 1 saturated carbocycles. The van der Waals surface area contributed by atoms with Gasteiger partial charge in [0.15, 0.2) is 0 Å². The molecule has 1 N–H and O–H groups in total. The number of aryl methyl sites for hydroxylation is 1. The highest BCUT2D eigenvalue weighted by Crippen LogP contribution is 2.25. The standard InChI is InChI=1S/C26H33ClFN3O4S/c1-4-24(26(33)29-20-10-5-6-11-20)30(16-19-9-7-8-18(2)14-19)25(32)17-31(36(3,34)35)21-12-13-23(28)22(27)15-21/h7-9,12-15,20,24H,4-6,10-11,16-17H2,1-3H3,(H,29,33). The molecule has 1 atom stereocenters. The molecule has 0 saturated heterocycles. The summed E-state index contributed by atoms with van der Waals surface area (Å²) in [5.74, 6) is -1.49. The van der Waals surface area contributed by atoms with Crippen molar-refractivity contribution < 1.29 is 22.4 Å². The molecule has 10 heteroatoms. The lowest BCUT2D eigenvalue weighted by Gasteiger charge is -2.33. The van der Waals surface area contributed by atoms with Crippen LogP contribution in [-0.2, 0) is 26.2 Å². The molecule has 2 aromatic carbocycles. The predicted octanol–water partition coefficient (Wildman–Crippen LogP) is 4.42. The first kappa shape index (κ1) is 27.9. The molecule has 1 aliphatic carbocycles. The topological polar surface area (TPSA) is 86.8 Å². The number of carbonyl (C=O) groups excluding carboxylic acids is 2. The Kier molecular flexibility index (Phi) is 9.35. The van der Waals surface area contributed by atoms with Crippen molar-refractivity contribution in [2.45, 2.75) is 64.6 Å². The molecular formula is C26H33ClFN3O4S. The van der Waals surface area contributed by atoms with Crippen molar-refractivity contribution in [2.24, 2.45) is 0 Å². The van der Waals surface area contributed by atoms with Crippen molar-refractivity contribution in [3.05, 3.63) is 64.4 Å². The Morgan fingerprint density at radius 3 is 2.44 bits per heavy atom. The van der Waals surface area contributed by atoms with Crippen LogP contribution in [0.3, 0.4) is 0 Å². The molecule has 36 heavy (non-hydrogen) atoms. The highest BCUT2D eigenvalue weighted by molar-refractivity contribution is 7.92. The monoisotopic (exact) mass is 537 g/mol. The van der Waals surface area contributed by atoms with E-state index in [-0.39, 0.29) is 29.2 Å². The molecular weight excluding hydrogens is 505 g/mol. The second kappa shape index (κ2) is 12.1. The molecule has 0 bridgehead atoms. The lowest BCUT2D eigenvalue weighted by atomic mass is 10.1. The Labute approximate surface area is 217 Å². The van der Waals surface area contributed by atoms with Crippen molar-refractivity contribution in [3.8, 4) is 0 Å². The number of halogens is 2. The molecule has 2 amide bonds. The zero-order chi connectivity index (χ0) is 26.5. The van der Waals surface area contributed by atoms with E-state index >= 15 is 0 Å². The normalized spacial score (nSPS) is 14.9. The second-order valence-electron chi connectivity index (χ2n) is 9.29. The van der Waals surface area contributed by atoms with Crippen LogP contribution in [-0.4, -0.2) is 50.0 Å². The van der Waals surface area contributed by atoms with E-state index in [9.17, 15) is 22.4 Å². The van der Waals surface area contributed by atoms with Crippen molar-refractivity contribution in [1.82, 2.24) is 10.2 Å². The first-order valence-corrected chi connectivity index (χ1v) is 14.3. The first-order valence-electron chi connectivity index (χ1n) is 12.1. The number of anilines is 1. The minimum atomic E-state index is -3.92. The molecule has 196 valence electrons. The number of amides is 2. The van der Waals surface area contributed by atoms with Gasteiger partial charge in [-0.25, -0.2) is 12.8 Å². The summed E-state index contributed by atoms with van der Waals surface area (Å²) >= 11 is 5.88. The highest BCUT2D eigenvalue weighted by Gasteiger charge is 2.33. The van der Waals surface area contributed by atoms with Gasteiger partial charge in [-0.1, -0.05) is 61.2 Å². The fraction of sp³-hybridized carbons (Fsp3) is 0.462. The summed E-state index contributed by atoms with van der Waals surface area (Å²) in [6.45, 7) is 3.34. The van der Waals surface area contributed by atoms with Crippen LogP contribution in [0.4, 0.5) is 10.1 Å². The maximum atomic E-state index is 13.7. The molecule has 7 nitrogen and oxygen atoms in total. The summed E-state index contributed by atoms with van der Waals surface area (Å²) in [4.78, 5) is 28.4. The van der Waals surface area contributed by atoms with Crippen LogP contribution in [0.15, 0.2) is 42.5 Å². The van der Waals surface area contributed by atoms with Gasteiger partial charge < -0.3 is 10.2 Å². The number of benzene rings is 2. The molecule has 0 heterocycles. The molecule has 1 aliphatic rings. The molecule has 3 rings (SSSR count). The number of sulfonamides is 1. The fourth-order valence-electron chi connectivity index (χ4n) is 4.55. The van der Waals surface area contributed by atoms with Crippen LogP contribution in [0.1, 0.15) is 50.2 Å². The largest absolute Gasteiger partial charge is 0.352 e. The average Bonchev–Trinajstić information content (AvgIpc) is 3.31. The lowest BCUT2D eigenvalue weighted by Crippen LogP contribution is -2.53. The Hall–Kier alpha value is -2.65. The van der Waals surface area contributed by atoms with E-state index in [1.807, 2.05) is 38.1 Å². The Morgan fingerprint density at radius 2 is 1.86 bits per heavy atom. The van der Waals surface area contributed by atoms with Gasteiger partial charge in [0.05, 0.1) is 17.0 Å². The summed E-state index contributed by atoms with van der Waals surface area (Å²) in [5, 5.41) is 2.81. The average molecular weight is 538 g/mol. The molecule has 1 unspecified atom stereocenters. The van der Waals surface area contributed by atoms with Crippen LogP contribution >= 0.6 is 11.6 Å². The van der Waals surface area contributed by atoms with Gasteiger partial charge in [0, 0.05) is 12.6 Å². The van der Waals surface area contributed by atoms with Gasteiger partial charge in [-0.2, -0.15) is 0 Å². The van der Waals surface area contributed by atoms with Gasteiger partial charge in [-0.15, -0.1) is 0 Å². The van der Waals surface area contributed by atoms with Crippen LogP contribution < -0.4 is 9.62 Å². The number of nitrogens with zero attached hydrogens (tertiary/aromatic N) is 2. The number of nitrogens with one attached hydrogen (secondary N) is 1. The van der Waals surface area contributed by atoms with Gasteiger partial charge >= 0.3 is 0 Å². The van der Waals surface area contributed by atoms with Gasteiger partial charge in [0.1, 0.15) is 18.4 Å². The summed E-state index contributed by atoms with van der Waals surface area (Å²) in [6.07, 6.45) is 5.24. The fourth-order valence-corrected chi connectivity index (χ4v) is 5.56. The zero-order valence-corrected chi connectivity index (χ0v) is 22.4. The van der Waals surface area contributed by atoms with Gasteiger partial charge in [-0.3, -0.25) is 13.9 Å². The predicted molar refractivity (Wildman–Crippen MR) is 140 cm³/mol. The van der Waals surface area contributed by atoms with E-state index in [1.165, 1.54) is 17.0 Å². The van der Waals surface area contributed by atoms with Crippen LogP contribution in [0.5, 0.6) is 0 Å². The summed E-state index contributed by atoms with van der Waals surface area (Å²) in [5.41, 5.74) is 1.89. The third kappa shape index (κ3) is 7.20. The zero-order valence-electron chi connectivity index (χ0n) is 20.8. The van der Waals surface area contributed by atoms with Crippen LogP contribution in [0, 0.1) is 12.7 Å². The summed E-state index contributed by atoms with van der Waals surface area (Å²) < 4.78 is 39.9. The SMILES string of the molecule is CCC(C(=O)NC1CCCC1)N(Cc1cccc(C)c1)C(=O)CN(c1ccc(F)c(Cl)c1)S(C)(=O)=O. The van der Waals surface area contributed by atoms with E-state index < -0.39 is 34.3 Å². The Balaban J connectivity index is 1.93. The minimum Gasteiger partial charge on any atom is -0.352 e. The number of hydrogen-bond acceptors (Lipinski definition) is 4. The van der Waals surface area contributed by atoms with E-state index in [4.69, 9.17) is 11.6 Å². The second-order valence-corrected chi connectivity index (χ2v) is 11.6. The quantitative estimate of drug-likeness (QED) is 0.486. The minimum absolute atomic E-state index is 0.0659. The van der Waals surface area contributed by atoms with Crippen LogP contribution in [0.25, 0.3) is 0 Å². The van der Waals surface area contributed by atoms with E-state index in [2.05, 4.69) is 5.32 Å². The van der Waals surface area contributed by atoms with Crippen molar-refractivity contribution in [3.63, 3.8) is 0 Å². The smallest absolute Gasteiger partial charge is 0.244 e. The highest BCUT2D eigenvalue weighted by atomic mass is 35.5. The third-order valence-corrected chi connectivity index (χ3v) is 7.82. The number of carbonyl (C=O) groups is 2. The molecule has 0 aliphatic heterocycles. The molecule has 1 fully saturated rings. The van der Waals surface area contributed by atoms with Gasteiger partial charge in [-0.05, 0) is 49.9 Å². The van der Waals surface area contributed by atoms with E-state index in [1.54, 1.807) is 0 Å². The maximum Gasteiger partial charge on any atom is 0.244 e. The number of rotatable bonds is 10. The molecule has 2 aromatic rings. The Morgan fingerprint density at radius 1 is 1.17 bits per heavy atom. The maximum absolute atomic E-state index is 13.7. The van der Waals surface area contributed by atoms with Gasteiger partial charge in [0.2, 0.25) is 21.8 Å². The third-order valence-electron chi connectivity index (χ3n) is 6.39. The molecule has 0 aromatic heterocycles. The lowest BCUT2D eigenvalue weighted by molar-refractivity contribution is -0.140. The van der Waals surface area contributed by atoms with Crippen molar-refractivity contribution in [2.75, 3.05) is 17.1 Å². The molecule has 0 spiro atoms. The Bertz CT molecular complexity index is 1200. The van der Waals surface area contributed by atoms with Gasteiger partial charge in [0.25, 0.3) is 0 Å². The molecule has 0 radical (unpaired) electrons. The summed E-state index contributed by atoms with van der Waals surface area (Å²) in [6, 6.07) is 10.4. The first-order chi connectivity index (χ1) is 17.0. The van der Waals surface area contributed by atoms with E-state index in [0.717, 1.165) is 53.4 Å². The van der Waals surface area contributed by atoms with Crippen LogP contribution in [0.2, 0.25) is 5.02 Å². The summed E-state index contributed by atoms with van der Waals surface area (Å²) in [7, 11) is -3.92. The van der Waals surface area contributed by atoms with Crippen molar-refractivity contribution in [1.29, 1.82) is 0 Å².